The van der Waals surface area contributed by atoms with E-state index in [9.17, 15) is 9.59 Å². The lowest BCUT2D eigenvalue weighted by Gasteiger charge is -2.12. The predicted octanol–water partition coefficient (Wildman–Crippen LogP) is 2.29. The van der Waals surface area contributed by atoms with Crippen LogP contribution < -0.4 is 20.9 Å². The van der Waals surface area contributed by atoms with Crippen LogP contribution in [0, 0.1) is 0 Å². The molecule has 0 aliphatic rings. The molecule has 130 valence electrons. The summed E-state index contributed by atoms with van der Waals surface area (Å²) in [5.74, 6) is -0.138. The van der Waals surface area contributed by atoms with Gasteiger partial charge in [0.15, 0.2) is 5.11 Å². The van der Waals surface area contributed by atoms with E-state index in [0.717, 1.165) is 0 Å². The van der Waals surface area contributed by atoms with Crippen LogP contribution in [0.3, 0.4) is 0 Å². The van der Waals surface area contributed by atoms with Crippen molar-refractivity contribution in [3.05, 3.63) is 59.0 Å². The Hall–Kier alpha value is -2.84. The molecule has 7 nitrogen and oxygen atoms in total. The number of benzene rings is 1. The maximum atomic E-state index is 12.1. The van der Waals surface area contributed by atoms with Gasteiger partial charge in [0.2, 0.25) is 5.91 Å². The third-order valence-corrected chi connectivity index (χ3v) is 3.31. The summed E-state index contributed by atoms with van der Waals surface area (Å²) in [7, 11) is 1.43. The van der Waals surface area contributed by atoms with Gasteiger partial charge in [-0.1, -0.05) is 11.6 Å². The normalized spacial score (nSPS) is 10.3. The Balaban J connectivity index is 1.86. The van der Waals surface area contributed by atoms with Crippen LogP contribution in [0.25, 0.3) is 6.08 Å². The molecule has 0 bridgehead atoms. The molecule has 0 fully saturated rings. The second kappa shape index (κ2) is 8.86. The van der Waals surface area contributed by atoms with Crippen molar-refractivity contribution in [2.75, 3.05) is 7.11 Å². The minimum Gasteiger partial charge on any atom is -0.496 e. The van der Waals surface area contributed by atoms with Gasteiger partial charge in [0.05, 0.1) is 18.9 Å². The van der Waals surface area contributed by atoms with Crippen molar-refractivity contribution < 1.29 is 18.7 Å². The summed E-state index contributed by atoms with van der Waals surface area (Å²) in [6.45, 7) is 0. The number of carbonyl (C=O) groups is 2. The molecular weight excluding hydrogens is 366 g/mol. The van der Waals surface area contributed by atoms with Crippen LogP contribution in [0.5, 0.6) is 5.75 Å². The summed E-state index contributed by atoms with van der Waals surface area (Å²) in [6, 6.07) is 8.01. The average Bonchev–Trinajstić information content (AvgIpc) is 3.11. The SMILES string of the molecule is COc1ccc(Cl)cc1C(=O)NNC(=S)NC(=O)C=Cc1ccco1. The van der Waals surface area contributed by atoms with Crippen LogP contribution in [-0.2, 0) is 4.79 Å². The summed E-state index contributed by atoms with van der Waals surface area (Å²) in [4.78, 5) is 23.8. The standard InChI is InChI=1S/C16H14ClN3O4S/c1-23-13-6-4-10(17)9-12(13)15(22)19-20-16(25)18-14(21)7-5-11-3-2-8-24-11/h2-9H,1H3,(H,19,22)(H2,18,20,21,25). The Labute approximate surface area is 154 Å². The van der Waals surface area contributed by atoms with E-state index in [1.807, 2.05) is 0 Å². The van der Waals surface area contributed by atoms with E-state index in [-0.39, 0.29) is 10.7 Å². The topological polar surface area (TPSA) is 92.6 Å². The van der Waals surface area contributed by atoms with Gasteiger partial charge < -0.3 is 9.15 Å². The van der Waals surface area contributed by atoms with Crippen LogP contribution in [0.15, 0.2) is 47.1 Å². The van der Waals surface area contributed by atoms with Crippen molar-refractivity contribution >= 4 is 46.8 Å². The predicted molar refractivity (Wildman–Crippen MR) is 97.1 cm³/mol. The molecule has 3 N–H and O–H groups in total. The average molecular weight is 380 g/mol. The molecule has 25 heavy (non-hydrogen) atoms. The lowest BCUT2D eigenvalue weighted by Crippen LogP contribution is -2.48. The molecule has 2 rings (SSSR count). The minimum atomic E-state index is -0.526. The fourth-order valence-corrected chi connectivity index (χ4v) is 2.09. The maximum absolute atomic E-state index is 12.1. The number of furan rings is 1. The number of nitrogens with one attached hydrogen (secondary N) is 3. The third kappa shape index (κ3) is 5.63. The number of amides is 2. The first kappa shape index (κ1) is 18.5. The molecular formula is C16H14ClN3O4S. The van der Waals surface area contributed by atoms with E-state index in [1.165, 1.54) is 31.6 Å². The van der Waals surface area contributed by atoms with Gasteiger partial charge in [-0.15, -0.1) is 0 Å². The zero-order valence-corrected chi connectivity index (χ0v) is 14.6. The zero-order valence-electron chi connectivity index (χ0n) is 13.0. The van der Waals surface area contributed by atoms with Gasteiger partial charge in [0.1, 0.15) is 11.5 Å². The molecule has 1 aromatic heterocycles. The molecule has 2 amide bonds. The van der Waals surface area contributed by atoms with Gasteiger partial charge in [0, 0.05) is 11.1 Å². The Morgan fingerprint density at radius 3 is 2.76 bits per heavy atom. The number of methoxy groups -OCH3 is 1. The van der Waals surface area contributed by atoms with Gasteiger partial charge in [-0.3, -0.25) is 25.8 Å². The molecule has 2 aromatic rings. The molecule has 0 atom stereocenters. The highest BCUT2D eigenvalue weighted by molar-refractivity contribution is 7.80. The van der Waals surface area contributed by atoms with Gasteiger partial charge >= 0.3 is 0 Å². The first-order chi connectivity index (χ1) is 12.0. The molecule has 0 saturated carbocycles. The van der Waals surface area contributed by atoms with Crippen molar-refractivity contribution in [1.29, 1.82) is 0 Å². The lowest BCUT2D eigenvalue weighted by molar-refractivity contribution is -0.115. The summed E-state index contributed by atoms with van der Waals surface area (Å²) < 4.78 is 10.1. The highest BCUT2D eigenvalue weighted by atomic mass is 35.5. The van der Waals surface area contributed by atoms with Crippen LogP contribution in [-0.4, -0.2) is 24.0 Å². The molecule has 0 spiro atoms. The first-order valence-electron chi connectivity index (χ1n) is 6.96. The monoisotopic (exact) mass is 379 g/mol. The fourth-order valence-electron chi connectivity index (χ4n) is 1.77. The van der Waals surface area contributed by atoms with E-state index in [0.29, 0.717) is 16.5 Å². The molecule has 0 radical (unpaired) electrons. The molecule has 9 heteroatoms. The molecule has 0 aliphatic carbocycles. The quantitative estimate of drug-likeness (QED) is 0.429. The Bertz CT molecular complexity index is 806. The second-order valence-electron chi connectivity index (χ2n) is 4.59. The number of hydrogen-bond donors (Lipinski definition) is 3. The first-order valence-corrected chi connectivity index (χ1v) is 7.74. The van der Waals surface area contributed by atoms with Crippen molar-refractivity contribution in [2.24, 2.45) is 0 Å². The van der Waals surface area contributed by atoms with E-state index >= 15 is 0 Å². The number of thiocarbonyl (C=S) groups is 1. The lowest BCUT2D eigenvalue weighted by atomic mass is 10.2. The molecule has 0 saturated heterocycles. The van der Waals surface area contributed by atoms with Gasteiger partial charge in [0.25, 0.3) is 5.91 Å². The molecule has 0 aliphatic heterocycles. The molecule has 1 aromatic carbocycles. The van der Waals surface area contributed by atoms with Crippen molar-refractivity contribution in [2.45, 2.75) is 0 Å². The van der Waals surface area contributed by atoms with E-state index < -0.39 is 11.8 Å². The number of carbonyl (C=O) groups excluding carboxylic acids is 2. The van der Waals surface area contributed by atoms with Crippen molar-refractivity contribution in [3.63, 3.8) is 0 Å². The number of halogens is 1. The maximum Gasteiger partial charge on any atom is 0.273 e. The largest absolute Gasteiger partial charge is 0.496 e. The molecule has 0 unspecified atom stereocenters. The van der Waals surface area contributed by atoms with E-state index in [2.05, 4.69) is 16.2 Å². The number of hydrazine groups is 1. The van der Waals surface area contributed by atoms with E-state index in [4.69, 9.17) is 33.0 Å². The number of hydrogen-bond acceptors (Lipinski definition) is 5. The summed E-state index contributed by atoms with van der Waals surface area (Å²) in [6.07, 6.45) is 4.21. The van der Waals surface area contributed by atoms with Gasteiger partial charge in [-0.05, 0) is 48.6 Å². The van der Waals surface area contributed by atoms with Crippen LogP contribution in [0.4, 0.5) is 0 Å². The fraction of sp³-hybridized carbons (Fsp3) is 0.0625. The highest BCUT2D eigenvalue weighted by Gasteiger charge is 2.13. The second-order valence-corrected chi connectivity index (χ2v) is 5.44. The summed E-state index contributed by atoms with van der Waals surface area (Å²) in [5, 5.41) is 2.67. The number of rotatable bonds is 4. The van der Waals surface area contributed by atoms with Crippen LogP contribution >= 0.6 is 23.8 Å². The van der Waals surface area contributed by atoms with E-state index in [1.54, 1.807) is 24.3 Å². The Morgan fingerprint density at radius 1 is 1.28 bits per heavy atom. The number of ether oxygens (including phenoxy) is 1. The smallest absolute Gasteiger partial charge is 0.273 e. The Kier molecular flexibility index (Phi) is 6.55. The minimum absolute atomic E-state index is 0.0801. The van der Waals surface area contributed by atoms with Crippen LogP contribution in [0.2, 0.25) is 5.02 Å². The zero-order chi connectivity index (χ0) is 18.2. The summed E-state index contributed by atoms with van der Waals surface area (Å²) in [5.41, 5.74) is 4.99. The van der Waals surface area contributed by atoms with Gasteiger partial charge in [-0.25, -0.2) is 0 Å². The molecule has 1 heterocycles. The van der Waals surface area contributed by atoms with Crippen molar-refractivity contribution in [3.8, 4) is 5.75 Å². The Morgan fingerprint density at radius 2 is 2.08 bits per heavy atom. The van der Waals surface area contributed by atoms with Crippen LogP contribution in [0.1, 0.15) is 16.1 Å². The summed E-state index contributed by atoms with van der Waals surface area (Å²) >= 11 is 10.8. The highest BCUT2D eigenvalue weighted by Crippen LogP contribution is 2.22. The van der Waals surface area contributed by atoms with Crippen molar-refractivity contribution in [1.82, 2.24) is 16.2 Å². The van der Waals surface area contributed by atoms with Gasteiger partial charge in [-0.2, -0.15) is 0 Å². The third-order valence-electron chi connectivity index (χ3n) is 2.87.